The van der Waals surface area contributed by atoms with Gasteiger partial charge in [-0.1, -0.05) is 0 Å². The molecule has 1 saturated carbocycles. The first-order chi connectivity index (χ1) is 15.4. The predicted octanol–water partition coefficient (Wildman–Crippen LogP) is 0.552. The Morgan fingerprint density at radius 3 is 2.61 bits per heavy atom. The lowest BCUT2D eigenvalue weighted by Gasteiger charge is -2.19. The highest BCUT2D eigenvalue weighted by Crippen LogP contribution is 2.32. The van der Waals surface area contributed by atoms with Gasteiger partial charge in [0.2, 0.25) is 0 Å². The highest BCUT2D eigenvalue weighted by atomic mass is 32.2. The fourth-order valence-corrected chi connectivity index (χ4v) is 4.06. The standard InChI is InChI=1S/C18H19F3N6O5S/c19-18(20,21)13-6-9(1-3-23-13)11-7-15-24-4-2-14(27(15)26-11)25-12-5-10(16(28)17(12)29)8-32-33(22,30)31/h1-4,6-7,10,12,16-17,25,28-29H,5,8H2,(H2,22,30,31)/t10-,12-,16-,17+/m1/s1. The van der Waals surface area contributed by atoms with E-state index in [2.05, 4.69) is 24.6 Å². The molecule has 0 unspecified atom stereocenters. The topological polar surface area (TPSA) is 165 Å². The molecular weight excluding hydrogens is 469 g/mol. The van der Waals surface area contributed by atoms with Gasteiger partial charge in [0.25, 0.3) is 0 Å². The fourth-order valence-electron chi connectivity index (χ4n) is 3.70. The summed E-state index contributed by atoms with van der Waals surface area (Å²) in [6.45, 7) is -0.406. The lowest BCUT2D eigenvalue weighted by Crippen LogP contribution is -2.36. The number of hydrogen-bond acceptors (Lipinski definition) is 9. The van der Waals surface area contributed by atoms with Gasteiger partial charge in [-0.2, -0.15) is 31.2 Å². The molecule has 15 heteroatoms. The van der Waals surface area contributed by atoms with Gasteiger partial charge in [0, 0.05) is 29.9 Å². The lowest BCUT2D eigenvalue weighted by atomic mass is 10.1. The number of aromatic nitrogens is 4. The maximum atomic E-state index is 13.0. The van der Waals surface area contributed by atoms with E-state index in [1.54, 1.807) is 0 Å². The van der Waals surface area contributed by atoms with Crippen molar-refractivity contribution in [1.82, 2.24) is 19.6 Å². The number of alkyl halides is 3. The number of pyridine rings is 1. The van der Waals surface area contributed by atoms with E-state index in [1.807, 2.05) is 0 Å². The summed E-state index contributed by atoms with van der Waals surface area (Å²) >= 11 is 0. The van der Waals surface area contributed by atoms with E-state index < -0.39 is 52.9 Å². The second-order valence-corrected chi connectivity index (χ2v) is 8.78. The van der Waals surface area contributed by atoms with E-state index in [1.165, 1.54) is 28.9 Å². The van der Waals surface area contributed by atoms with Crippen LogP contribution in [0.3, 0.4) is 0 Å². The van der Waals surface area contributed by atoms with Crippen LogP contribution in [-0.4, -0.2) is 63.1 Å². The van der Waals surface area contributed by atoms with Crippen LogP contribution in [0.2, 0.25) is 0 Å². The molecule has 0 amide bonds. The number of aliphatic hydroxyl groups is 2. The van der Waals surface area contributed by atoms with Crippen LogP contribution in [0.1, 0.15) is 12.1 Å². The highest BCUT2D eigenvalue weighted by molar-refractivity contribution is 7.84. The minimum atomic E-state index is -4.61. The van der Waals surface area contributed by atoms with Crippen LogP contribution in [0.25, 0.3) is 16.9 Å². The van der Waals surface area contributed by atoms with Gasteiger partial charge >= 0.3 is 16.5 Å². The molecule has 0 aromatic carbocycles. The summed E-state index contributed by atoms with van der Waals surface area (Å²) in [4.78, 5) is 7.48. The summed E-state index contributed by atoms with van der Waals surface area (Å²) in [7, 11) is -4.20. The maximum absolute atomic E-state index is 13.0. The summed E-state index contributed by atoms with van der Waals surface area (Å²) in [5, 5.41) is 32.7. The van der Waals surface area contributed by atoms with Crippen molar-refractivity contribution in [3.8, 4) is 11.3 Å². The Bertz CT molecular complexity index is 1270. The van der Waals surface area contributed by atoms with Gasteiger partial charge in [-0.25, -0.2) is 10.1 Å². The number of fused-ring (bicyclic) bond motifs is 1. The maximum Gasteiger partial charge on any atom is 0.433 e. The second kappa shape index (κ2) is 8.49. The van der Waals surface area contributed by atoms with Crippen molar-refractivity contribution >= 4 is 21.8 Å². The summed E-state index contributed by atoms with van der Waals surface area (Å²) in [6.07, 6.45) is -4.51. The Morgan fingerprint density at radius 1 is 1.18 bits per heavy atom. The minimum Gasteiger partial charge on any atom is -0.390 e. The van der Waals surface area contributed by atoms with E-state index in [0.717, 1.165) is 12.3 Å². The highest BCUT2D eigenvalue weighted by Gasteiger charge is 2.42. The molecule has 1 aliphatic carbocycles. The van der Waals surface area contributed by atoms with Crippen molar-refractivity contribution in [3.63, 3.8) is 0 Å². The Kier molecular flexibility index (Phi) is 6.00. The fraction of sp³-hybridized carbons (Fsp3) is 0.389. The molecule has 4 rings (SSSR count). The number of nitrogens with two attached hydrogens (primary N) is 1. The number of nitrogens with zero attached hydrogens (tertiary/aromatic N) is 4. The van der Waals surface area contributed by atoms with Crippen LogP contribution >= 0.6 is 0 Å². The summed E-state index contributed by atoms with van der Waals surface area (Å²) < 4.78 is 66.9. The van der Waals surface area contributed by atoms with E-state index in [-0.39, 0.29) is 17.7 Å². The number of nitrogens with one attached hydrogen (secondary N) is 1. The normalized spacial score (nSPS) is 23.8. The van der Waals surface area contributed by atoms with Crippen LogP contribution in [0.4, 0.5) is 19.0 Å². The first-order valence-electron chi connectivity index (χ1n) is 9.60. The van der Waals surface area contributed by atoms with Crippen molar-refractivity contribution in [2.24, 2.45) is 11.1 Å². The van der Waals surface area contributed by atoms with Crippen LogP contribution < -0.4 is 10.5 Å². The zero-order chi connectivity index (χ0) is 24.0. The summed E-state index contributed by atoms with van der Waals surface area (Å²) in [6, 6.07) is 4.58. The van der Waals surface area contributed by atoms with Gasteiger partial charge in [-0.3, -0.25) is 9.17 Å². The van der Waals surface area contributed by atoms with Gasteiger partial charge in [0.15, 0.2) is 5.65 Å². The molecule has 33 heavy (non-hydrogen) atoms. The third-order valence-electron chi connectivity index (χ3n) is 5.29. The van der Waals surface area contributed by atoms with Crippen molar-refractivity contribution in [2.75, 3.05) is 11.9 Å². The molecular formula is C18H19F3N6O5S. The smallest absolute Gasteiger partial charge is 0.390 e. The molecule has 4 atom stereocenters. The number of aliphatic hydroxyl groups excluding tert-OH is 2. The Balaban J connectivity index is 1.58. The Hall–Kier alpha value is -2.85. The third kappa shape index (κ3) is 5.06. The molecule has 1 fully saturated rings. The molecule has 3 heterocycles. The van der Waals surface area contributed by atoms with Crippen LogP contribution in [-0.2, 0) is 20.7 Å². The van der Waals surface area contributed by atoms with E-state index in [4.69, 9.17) is 5.14 Å². The largest absolute Gasteiger partial charge is 0.433 e. The third-order valence-corrected chi connectivity index (χ3v) is 5.75. The predicted molar refractivity (Wildman–Crippen MR) is 108 cm³/mol. The zero-order valence-corrected chi connectivity index (χ0v) is 17.5. The summed E-state index contributed by atoms with van der Waals surface area (Å²) in [5.41, 5.74) is -0.330. The molecule has 5 N–H and O–H groups in total. The molecule has 0 saturated heterocycles. The van der Waals surface area contributed by atoms with Crippen LogP contribution in [0.5, 0.6) is 0 Å². The van der Waals surface area contributed by atoms with Crippen molar-refractivity contribution in [2.45, 2.75) is 30.8 Å². The zero-order valence-electron chi connectivity index (χ0n) is 16.7. The Morgan fingerprint density at radius 2 is 1.91 bits per heavy atom. The van der Waals surface area contributed by atoms with Gasteiger partial charge in [-0.15, -0.1) is 0 Å². The molecule has 178 valence electrons. The van der Waals surface area contributed by atoms with Crippen molar-refractivity contribution < 1.29 is 36.0 Å². The van der Waals surface area contributed by atoms with Crippen LogP contribution in [0, 0.1) is 5.92 Å². The lowest BCUT2D eigenvalue weighted by molar-refractivity contribution is -0.141. The van der Waals surface area contributed by atoms with Gasteiger partial charge < -0.3 is 15.5 Å². The second-order valence-electron chi connectivity index (χ2n) is 7.56. The van der Waals surface area contributed by atoms with Crippen LogP contribution in [0.15, 0.2) is 36.7 Å². The van der Waals surface area contributed by atoms with Gasteiger partial charge in [-0.05, 0) is 24.6 Å². The number of halogens is 3. The van der Waals surface area contributed by atoms with Gasteiger partial charge in [0.05, 0.1) is 24.4 Å². The first-order valence-corrected chi connectivity index (χ1v) is 11.1. The number of hydrogen-bond donors (Lipinski definition) is 4. The molecule has 1 aliphatic rings. The number of rotatable bonds is 6. The van der Waals surface area contributed by atoms with Gasteiger partial charge in [0.1, 0.15) is 17.6 Å². The van der Waals surface area contributed by atoms with Crippen molar-refractivity contribution in [1.29, 1.82) is 0 Å². The molecule has 0 aliphatic heterocycles. The van der Waals surface area contributed by atoms with Crippen molar-refractivity contribution in [3.05, 3.63) is 42.4 Å². The molecule has 11 nitrogen and oxygen atoms in total. The average Bonchev–Trinajstić information content (AvgIpc) is 3.29. The molecule has 0 radical (unpaired) electrons. The SMILES string of the molecule is NS(=O)(=O)OC[C@H]1C[C@@H](Nc2ccnc3cc(-c4ccnc(C(F)(F)F)c4)nn23)[C@H](O)[C@@H]1O. The first kappa shape index (κ1) is 23.3. The number of anilines is 1. The average molecular weight is 488 g/mol. The minimum absolute atomic E-state index is 0.148. The molecule has 0 bridgehead atoms. The monoisotopic (exact) mass is 488 g/mol. The summed E-state index contributed by atoms with van der Waals surface area (Å²) in [5.74, 6) is -0.362. The Labute approximate surface area is 185 Å². The van der Waals surface area contributed by atoms with E-state index in [9.17, 15) is 31.8 Å². The molecule has 3 aromatic rings. The van der Waals surface area contributed by atoms with E-state index in [0.29, 0.717) is 11.5 Å². The molecule has 3 aromatic heterocycles. The quantitative estimate of drug-likeness (QED) is 0.388. The molecule has 0 spiro atoms. The van der Waals surface area contributed by atoms with E-state index >= 15 is 0 Å².